The molecule has 34 heavy (non-hydrogen) atoms. The number of aliphatic hydroxyl groups excluding tert-OH is 1. The van der Waals surface area contributed by atoms with Crippen LogP contribution in [0.15, 0.2) is 53.4 Å². The molecule has 11 heteroatoms. The number of likely N-dealkylation sites (N-methyl/N-ethyl adjacent to an activating group) is 1. The van der Waals surface area contributed by atoms with Crippen molar-refractivity contribution in [3.8, 4) is 0 Å². The lowest BCUT2D eigenvalue weighted by Crippen LogP contribution is -2.49. The summed E-state index contributed by atoms with van der Waals surface area (Å²) in [5, 5.41) is 12.5. The Hall–Kier alpha value is -2.24. The van der Waals surface area contributed by atoms with E-state index in [0.717, 1.165) is 0 Å². The van der Waals surface area contributed by atoms with Crippen molar-refractivity contribution >= 4 is 33.3 Å². The molecule has 0 heterocycles. The molecular formula is C23H31ClFN3O5S. The van der Waals surface area contributed by atoms with Gasteiger partial charge in [0.25, 0.3) is 0 Å². The van der Waals surface area contributed by atoms with Gasteiger partial charge in [0, 0.05) is 38.2 Å². The van der Waals surface area contributed by atoms with Gasteiger partial charge in [0.05, 0.1) is 29.3 Å². The van der Waals surface area contributed by atoms with Crippen LogP contribution in [0.4, 0.5) is 14.9 Å². The number of urea groups is 1. The van der Waals surface area contributed by atoms with Gasteiger partial charge in [0.2, 0.25) is 10.0 Å². The number of carbonyl (C=O) groups excluding carboxylic acids is 1. The number of carbonyl (C=O) groups is 1. The number of nitrogens with one attached hydrogen (secondary N) is 1. The van der Waals surface area contributed by atoms with Gasteiger partial charge >= 0.3 is 6.03 Å². The maximum Gasteiger partial charge on any atom is 0.322 e. The van der Waals surface area contributed by atoms with Gasteiger partial charge < -0.3 is 20.1 Å². The number of nitrogens with zero attached hydrogens (tertiary/aromatic N) is 2. The number of rotatable bonds is 11. The Bertz CT molecular complexity index is 1070. The van der Waals surface area contributed by atoms with Gasteiger partial charge in [-0.1, -0.05) is 36.7 Å². The maximum absolute atomic E-state index is 14.0. The second kappa shape index (κ2) is 12.5. The third-order valence-corrected chi connectivity index (χ3v) is 7.59. The average Bonchev–Trinajstić information content (AvgIpc) is 2.81. The number of hydrogen-bond donors (Lipinski definition) is 2. The van der Waals surface area contributed by atoms with Crippen molar-refractivity contribution in [3.63, 3.8) is 0 Å². The fraction of sp³-hybridized carbons (Fsp3) is 0.435. The zero-order chi connectivity index (χ0) is 25.5. The first-order valence-corrected chi connectivity index (χ1v) is 12.5. The molecule has 2 amide bonds. The number of halogens is 2. The fourth-order valence-electron chi connectivity index (χ4n) is 3.38. The number of benzene rings is 2. The number of methoxy groups -OCH3 is 1. The first kappa shape index (κ1) is 28.0. The second-order valence-electron chi connectivity index (χ2n) is 8.09. The summed E-state index contributed by atoms with van der Waals surface area (Å²) in [4.78, 5) is 14.3. The van der Waals surface area contributed by atoms with Crippen LogP contribution in [0.5, 0.6) is 0 Å². The molecule has 8 nitrogen and oxygen atoms in total. The van der Waals surface area contributed by atoms with Crippen molar-refractivity contribution in [3.05, 3.63) is 59.4 Å². The SMILES string of the molecule is CO[C@H](CN(C)S(=O)(=O)c1cccc(Cl)c1)[C@H](C)CN(C(=O)Nc1ccccc1F)[C@@H](C)CO. The molecular weight excluding hydrogens is 485 g/mol. The summed E-state index contributed by atoms with van der Waals surface area (Å²) in [6, 6.07) is 10.6. The van der Waals surface area contributed by atoms with Gasteiger partial charge in [0.15, 0.2) is 0 Å². The zero-order valence-corrected chi connectivity index (χ0v) is 21.2. The Morgan fingerprint density at radius 2 is 1.85 bits per heavy atom. The largest absolute Gasteiger partial charge is 0.394 e. The molecule has 2 N–H and O–H groups in total. The molecule has 0 spiro atoms. The molecule has 0 aromatic heterocycles. The van der Waals surface area contributed by atoms with E-state index in [-0.39, 0.29) is 36.2 Å². The van der Waals surface area contributed by atoms with E-state index >= 15 is 0 Å². The monoisotopic (exact) mass is 515 g/mol. The van der Waals surface area contributed by atoms with Crippen LogP contribution in [0.25, 0.3) is 0 Å². The number of ether oxygens (including phenoxy) is 1. The number of sulfonamides is 1. The Morgan fingerprint density at radius 3 is 2.44 bits per heavy atom. The van der Waals surface area contributed by atoms with E-state index in [1.165, 1.54) is 53.7 Å². The lowest BCUT2D eigenvalue weighted by Gasteiger charge is -2.34. The number of anilines is 1. The molecule has 2 rings (SSSR count). The minimum absolute atomic E-state index is 0.0167. The molecule has 2 aromatic carbocycles. The van der Waals surface area contributed by atoms with E-state index in [1.807, 2.05) is 6.92 Å². The highest BCUT2D eigenvalue weighted by Crippen LogP contribution is 2.21. The van der Waals surface area contributed by atoms with Crippen molar-refractivity contribution in [2.75, 3.05) is 39.2 Å². The van der Waals surface area contributed by atoms with Crippen molar-refractivity contribution < 1.29 is 27.4 Å². The minimum atomic E-state index is -3.82. The van der Waals surface area contributed by atoms with Gasteiger partial charge in [-0.15, -0.1) is 0 Å². The predicted octanol–water partition coefficient (Wildman–Crippen LogP) is 3.67. The van der Waals surface area contributed by atoms with Gasteiger partial charge in [-0.3, -0.25) is 0 Å². The van der Waals surface area contributed by atoms with E-state index < -0.39 is 34.0 Å². The Morgan fingerprint density at radius 1 is 1.18 bits per heavy atom. The van der Waals surface area contributed by atoms with E-state index in [4.69, 9.17) is 16.3 Å². The fourth-order valence-corrected chi connectivity index (χ4v) is 4.87. The van der Waals surface area contributed by atoms with Crippen LogP contribution in [0.1, 0.15) is 13.8 Å². The molecule has 188 valence electrons. The van der Waals surface area contributed by atoms with Gasteiger partial charge in [-0.05, 0) is 37.3 Å². The lowest BCUT2D eigenvalue weighted by atomic mass is 10.0. The van der Waals surface area contributed by atoms with Gasteiger partial charge in [-0.2, -0.15) is 4.31 Å². The van der Waals surface area contributed by atoms with Crippen molar-refractivity contribution in [1.82, 2.24) is 9.21 Å². The molecule has 0 bridgehead atoms. The minimum Gasteiger partial charge on any atom is -0.394 e. The second-order valence-corrected chi connectivity index (χ2v) is 10.6. The van der Waals surface area contributed by atoms with Gasteiger partial charge in [-0.25, -0.2) is 17.6 Å². The Kier molecular flexibility index (Phi) is 10.3. The topological polar surface area (TPSA) is 99.2 Å². The quantitative estimate of drug-likeness (QED) is 0.476. The van der Waals surface area contributed by atoms with Crippen LogP contribution in [0.2, 0.25) is 5.02 Å². The summed E-state index contributed by atoms with van der Waals surface area (Å²) < 4.78 is 46.6. The highest BCUT2D eigenvalue weighted by Gasteiger charge is 2.30. The first-order chi connectivity index (χ1) is 16.0. The van der Waals surface area contributed by atoms with E-state index in [2.05, 4.69) is 5.32 Å². The molecule has 0 aliphatic rings. The summed E-state index contributed by atoms with van der Waals surface area (Å²) in [6.45, 7) is 3.30. The number of para-hydroxylation sites is 1. The summed E-state index contributed by atoms with van der Waals surface area (Å²) >= 11 is 5.94. The van der Waals surface area contributed by atoms with Crippen LogP contribution in [0, 0.1) is 11.7 Å². The van der Waals surface area contributed by atoms with Crippen LogP contribution in [-0.4, -0.2) is 74.8 Å². The Labute approximate surface area is 205 Å². The van der Waals surface area contributed by atoms with E-state index in [9.17, 15) is 22.7 Å². The smallest absolute Gasteiger partial charge is 0.322 e. The Balaban J connectivity index is 2.15. The third-order valence-electron chi connectivity index (χ3n) is 5.54. The highest BCUT2D eigenvalue weighted by molar-refractivity contribution is 7.89. The van der Waals surface area contributed by atoms with Crippen LogP contribution >= 0.6 is 11.6 Å². The predicted molar refractivity (Wildman–Crippen MR) is 130 cm³/mol. The summed E-state index contributed by atoms with van der Waals surface area (Å²) in [6.07, 6.45) is -0.575. The molecule has 0 fully saturated rings. The maximum atomic E-state index is 14.0. The van der Waals surface area contributed by atoms with Crippen molar-refractivity contribution in [2.45, 2.75) is 30.9 Å². The first-order valence-electron chi connectivity index (χ1n) is 10.7. The van der Waals surface area contributed by atoms with Crippen LogP contribution in [0.3, 0.4) is 0 Å². The number of aliphatic hydroxyl groups is 1. The summed E-state index contributed by atoms with van der Waals surface area (Å²) in [5.41, 5.74) is 0.0194. The summed E-state index contributed by atoms with van der Waals surface area (Å²) in [5.74, 6) is -0.912. The summed E-state index contributed by atoms with van der Waals surface area (Å²) in [7, 11) is -0.920. The molecule has 0 saturated carbocycles. The van der Waals surface area contributed by atoms with E-state index in [0.29, 0.717) is 5.02 Å². The molecule has 3 atom stereocenters. The third kappa shape index (κ3) is 7.13. The van der Waals surface area contributed by atoms with Crippen LogP contribution in [-0.2, 0) is 14.8 Å². The molecule has 0 unspecified atom stereocenters. The highest BCUT2D eigenvalue weighted by atomic mass is 35.5. The normalized spacial score (nSPS) is 14.5. The van der Waals surface area contributed by atoms with Gasteiger partial charge in [0.1, 0.15) is 5.82 Å². The van der Waals surface area contributed by atoms with E-state index in [1.54, 1.807) is 25.1 Å². The molecule has 0 aliphatic heterocycles. The average molecular weight is 516 g/mol. The van der Waals surface area contributed by atoms with Crippen molar-refractivity contribution in [1.29, 1.82) is 0 Å². The standard InChI is InChI=1S/C23H31ClFN3O5S/c1-16(13-28(17(2)15-29)23(30)26-21-11-6-5-10-20(21)25)22(33-4)14-27(3)34(31,32)19-9-7-8-18(24)12-19/h5-12,16-17,22,29H,13-15H2,1-4H3,(H,26,30)/t16-,17+,22-/m1/s1. The lowest BCUT2D eigenvalue weighted by molar-refractivity contribution is 0.0305. The molecule has 0 saturated heterocycles. The molecule has 0 radical (unpaired) electrons. The molecule has 0 aliphatic carbocycles. The number of hydrogen-bond acceptors (Lipinski definition) is 5. The number of amides is 2. The van der Waals surface area contributed by atoms with Crippen molar-refractivity contribution in [2.24, 2.45) is 5.92 Å². The van der Waals surface area contributed by atoms with Crippen LogP contribution < -0.4 is 5.32 Å². The zero-order valence-electron chi connectivity index (χ0n) is 19.6. The molecule has 2 aromatic rings.